The lowest BCUT2D eigenvalue weighted by atomic mass is 10.0. The van der Waals surface area contributed by atoms with Crippen LogP contribution in [0, 0.1) is 0 Å². The van der Waals surface area contributed by atoms with Gasteiger partial charge in [0.2, 0.25) is 0 Å². The van der Waals surface area contributed by atoms with Crippen LogP contribution in [-0.4, -0.2) is 20.1 Å². The number of unbranched alkanes of at least 4 members (excludes halogenated alkanes) is 1. The molecule has 0 aliphatic heterocycles. The van der Waals surface area contributed by atoms with Crippen molar-refractivity contribution in [2.24, 2.45) is 5.73 Å². The summed E-state index contributed by atoms with van der Waals surface area (Å²) in [5, 5.41) is 0. The summed E-state index contributed by atoms with van der Waals surface area (Å²) >= 11 is 3.80. The normalized spacial score (nSPS) is 7.89. The molecule has 0 atom stereocenters. The topological polar surface area (TPSA) is 26.0 Å². The van der Waals surface area contributed by atoms with Crippen molar-refractivity contribution in [3.63, 3.8) is 0 Å². The van der Waals surface area contributed by atoms with E-state index in [4.69, 9.17) is 5.73 Å². The molecule has 0 saturated heterocycles. The van der Waals surface area contributed by atoms with Crippen molar-refractivity contribution in [2.75, 3.05) is 12.3 Å². The van der Waals surface area contributed by atoms with Gasteiger partial charge in [-0.15, -0.1) is 0 Å². The van der Waals surface area contributed by atoms with E-state index in [1.165, 1.54) is 19.2 Å². The maximum atomic E-state index is 4.95. The Morgan fingerprint density at radius 2 is 2.00 bits per heavy atom. The van der Waals surface area contributed by atoms with E-state index >= 15 is 0 Å². The molecule has 0 saturated carbocycles. The molecule has 0 aliphatic carbocycles. The summed E-state index contributed by atoms with van der Waals surface area (Å²) < 4.78 is 0. The molecule has 2 N–H and O–H groups in total. The second kappa shape index (κ2) is 15.8. The minimum atomic E-state index is 0.684. The zero-order chi connectivity index (χ0) is 7.54. The first-order valence-electron chi connectivity index (χ1n) is 3.64. The van der Waals surface area contributed by atoms with Gasteiger partial charge in [-0.25, -0.2) is 0 Å². The van der Waals surface area contributed by atoms with E-state index in [0.29, 0.717) is 6.54 Å². The zero-order valence-electron chi connectivity index (χ0n) is 6.56. The standard InChI is InChI=1S/C4H11B.C2H7NS/c1-2-3-4-5;3-1-2-4/h2-5H2,1H3;4H,1-3H2. The van der Waals surface area contributed by atoms with Gasteiger partial charge < -0.3 is 5.73 Å². The first kappa shape index (κ1) is 12.1. The Bertz CT molecular complexity index is 32.2. The van der Waals surface area contributed by atoms with Crippen molar-refractivity contribution in [1.29, 1.82) is 0 Å². The van der Waals surface area contributed by atoms with Crippen LogP contribution in [0.15, 0.2) is 0 Å². The molecule has 56 valence electrons. The van der Waals surface area contributed by atoms with Crippen molar-refractivity contribution in [3.05, 3.63) is 0 Å². The number of hydrogen-bond donors (Lipinski definition) is 2. The summed E-state index contributed by atoms with van der Waals surface area (Å²) in [6.07, 6.45) is 4.08. The van der Waals surface area contributed by atoms with Gasteiger partial charge in [-0.05, 0) is 0 Å². The fourth-order valence-corrected chi connectivity index (χ4v) is 0.354. The summed E-state index contributed by atoms with van der Waals surface area (Å²) in [6.45, 7) is 2.90. The van der Waals surface area contributed by atoms with Crippen LogP contribution in [0.4, 0.5) is 0 Å². The van der Waals surface area contributed by atoms with Gasteiger partial charge in [0, 0.05) is 12.3 Å². The lowest BCUT2D eigenvalue weighted by Crippen LogP contribution is -1.97. The van der Waals surface area contributed by atoms with Gasteiger partial charge in [-0.3, -0.25) is 0 Å². The summed E-state index contributed by atoms with van der Waals surface area (Å²) in [7, 11) is 2.21. The maximum absolute atomic E-state index is 4.95. The minimum absolute atomic E-state index is 0.684. The Balaban J connectivity index is 0. The highest BCUT2D eigenvalue weighted by Gasteiger charge is 1.68. The average molecular weight is 147 g/mol. The molecular formula is C6H18BNS. The van der Waals surface area contributed by atoms with Crippen LogP contribution in [0.1, 0.15) is 19.8 Å². The van der Waals surface area contributed by atoms with Crippen LogP contribution < -0.4 is 5.73 Å². The van der Waals surface area contributed by atoms with Crippen LogP contribution in [0.3, 0.4) is 0 Å². The maximum Gasteiger partial charge on any atom is 0.101 e. The Kier molecular flexibility index (Phi) is 21.2. The van der Waals surface area contributed by atoms with Crippen LogP contribution in [0.25, 0.3) is 0 Å². The second-order valence-electron chi connectivity index (χ2n) is 1.87. The van der Waals surface area contributed by atoms with Gasteiger partial charge in [-0.2, -0.15) is 12.6 Å². The van der Waals surface area contributed by atoms with E-state index in [0.717, 1.165) is 5.75 Å². The van der Waals surface area contributed by atoms with Gasteiger partial charge in [0.15, 0.2) is 0 Å². The number of thiol groups is 1. The molecule has 0 heterocycles. The predicted octanol–water partition coefficient (Wildman–Crippen LogP) is 0.713. The molecule has 1 nitrogen and oxygen atoms in total. The van der Waals surface area contributed by atoms with Crippen LogP contribution >= 0.6 is 12.6 Å². The highest BCUT2D eigenvalue weighted by Crippen LogP contribution is 1.86. The molecule has 0 amide bonds. The van der Waals surface area contributed by atoms with E-state index in [-0.39, 0.29) is 0 Å². The van der Waals surface area contributed by atoms with Gasteiger partial charge in [0.25, 0.3) is 0 Å². The Morgan fingerprint density at radius 1 is 1.56 bits per heavy atom. The van der Waals surface area contributed by atoms with Crippen molar-refractivity contribution in [3.8, 4) is 0 Å². The molecule has 3 heteroatoms. The highest BCUT2D eigenvalue weighted by molar-refractivity contribution is 7.80. The third kappa shape index (κ3) is 29.9. The third-order valence-electron chi connectivity index (χ3n) is 0.836. The molecule has 9 heavy (non-hydrogen) atoms. The number of rotatable bonds is 3. The first-order valence-corrected chi connectivity index (χ1v) is 4.27. The summed E-state index contributed by atoms with van der Waals surface area (Å²) in [5.74, 6) is 0.792. The van der Waals surface area contributed by atoms with E-state index in [9.17, 15) is 0 Å². The first-order chi connectivity index (χ1) is 4.33. The Hall–Kier alpha value is 0.375. The minimum Gasteiger partial charge on any atom is -0.330 e. The molecule has 0 aromatic carbocycles. The highest BCUT2D eigenvalue weighted by atomic mass is 32.1. The van der Waals surface area contributed by atoms with Gasteiger partial charge in [-0.1, -0.05) is 26.1 Å². The predicted molar refractivity (Wildman–Crippen MR) is 51.2 cm³/mol. The molecule has 0 aromatic rings. The van der Waals surface area contributed by atoms with Gasteiger partial charge >= 0.3 is 0 Å². The average Bonchev–Trinajstić information content (AvgIpc) is 1.91. The molecular weight excluding hydrogens is 129 g/mol. The molecule has 0 aromatic heterocycles. The van der Waals surface area contributed by atoms with E-state index < -0.39 is 0 Å². The smallest absolute Gasteiger partial charge is 0.101 e. The molecule has 0 rings (SSSR count). The Morgan fingerprint density at radius 3 is 2.00 bits per heavy atom. The lowest BCUT2D eigenvalue weighted by molar-refractivity contribution is 0.884. The number of hydrogen-bond acceptors (Lipinski definition) is 2. The van der Waals surface area contributed by atoms with E-state index in [2.05, 4.69) is 27.4 Å². The van der Waals surface area contributed by atoms with Crippen LogP contribution in [0.5, 0.6) is 0 Å². The monoisotopic (exact) mass is 147 g/mol. The molecule has 0 fully saturated rings. The van der Waals surface area contributed by atoms with Gasteiger partial charge in [0.1, 0.15) is 7.85 Å². The molecule has 0 bridgehead atoms. The van der Waals surface area contributed by atoms with Gasteiger partial charge in [0.05, 0.1) is 0 Å². The fourth-order valence-electron chi connectivity index (χ4n) is 0.354. The molecule has 0 aliphatic rings. The SMILES string of the molecule is BCCCC.NCCS. The van der Waals surface area contributed by atoms with Crippen molar-refractivity contribution in [1.82, 2.24) is 0 Å². The summed E-state index contributed by atoms with van der Waals surface area (Å²) in [6, 6.07) is 0. The molecule has 0 unspecified atom stereocenters. The molecule has 0 radical (unpaired) electrons. The van der Waals surface area contributed by atoms with Crippen molar-refractivity contribution >= 4 is 20.5 Å². The quantitative estimate of drug-likeness (QED) is 0.446. The summed E-state index contributed by atoms with van der Waals surface area (Å²) in [4.78, 5) is 0. The number of nitrogens with two attached hydrogens (primary N) is 1. The molecule has 0 spiro atoms. The van der Waals surface area contributed by atoms with Crippen molar-refractivity contribution in [2.45, 2.75) is 26.1 Å². The van der Waals surface area contributed by atoms with Crippen LogP contribution in [0.2, 0.25) is 6.32 Å². The van der Waals surface area contributed by atoms with E-state index in [1.807, 2.05) is 0 Å². The van der Waals surface area contributed by atoms with E-state index in [1.54, 1.807) is 0 Å². The third-order valence-corrected chi connectivity index (χ3v) is 1.09. The lowest BCUT2D eigenvalue weighted by Gasteiger charge is -1.78. The largest absolute Gasteiger partial charge is 0.330 e. The second-order valence-corrected chi connectivity index (χ2v) is 2.31. The van der Waals surface area contributed by atoms with Crippen LogP contribution in [-0.2, 0) is 0 Å². The summed E-state index contributed by atoms with van der Waals surface area (Å²) in [5.41, 5.74) is 4.95. The van der Waals surface area contributed by atoms with Crippen molar-refractivity contribution < 1.29 is 0 Å². The Labute approximate surface area is 65.2 Å². The zero-order valence-corrected chi connectivity index (χ0v) is 7.45. The fraction of sp³-hybridized carbons (Fsp3) is 1.00.